The molecule has 2 aliphatic heterocycles. The molecule has 100 valence electrons. The fraction of sp³-hybridized carbons (Fsp3) is 1.00. The summed E-state index contributed by atoms with van der Waals surface area (Å²) in [5, 5.41) is 7.84. The van der Waals surface area contributed by atoms with Gasteiger partial charge in [0.25, 0.3) is 0 Å². The summed E-state index contributed by atoms with van der Waals surface area (Å²) in [7, 11) is 0. The van der Waals surface area contributed by atoms with Crippen LogP contribution in [0.25, 0.3) is 0 Å². The van der Waals surface area contributed by atoms with Gasteiger partial charge >= 0.3 is 0 Å². The molecule has 2 aliphatic rings. The van der Waals surface area contributed by atoms with Crippen molar-refractivity contribution >= 4 is 11.8 Å². The van der Waals surface area contributed by atoms with Gasteiger partial charge in [0.2, 0.25) is 0 Å². The third-order valence-electron chi connectivity index (χ3n) is 3.72. The van der Waals surface area contributed by atoms with Gasteiger partial charge in [-0.15, -0.1) is 0 Å². The van der Waals surface area contributed by atoms with Gasteiger partial charge in [0.1, 0.15) is 0 Å². The minimum atomic E-state index is 0.111. The number of ether oxygens (including phenoxy) is 1. The number of thioether (sulfide) groups is 1. The molecule has 0 amide bonds. The molecule has 0 aromatic heterocycles. The van der Waals surface area contributed by atoms with Gasteiger partial charge in [-0.05, 0) is 45.7 Å². The van der Waals surface area contributed by atoms with Gasteiger partial charge in [0, 0.05) is 30.7 Å². The van der Waals surface area contributed by atoms with Crippen LogP contribution in [0, 0.1) is 0 Å². The van der Waals surface area contributed by atoms with Gasteiger partial charge in [-0.1, -0.05) is 0 Å². The molecule has 0 saturated carbocycles. The van der Waals surface area contributed by atoms with E-state index in [4.69, 9.17) is 4.74 Å². The molecule has 0 radical (unpaired) electrons. The second kappa shape index (κ2) is 6.98. The van der Waals surface area contributed by atoms with Crippen LogP contribution < -0.4 is 10.6 Å². The number of hydrogen-bond acceptors (Lipinski definition) is 4. The highest BCUT2D eigenvalue weighted by Gasteiger charge is 2.28. The standard InChI is InChI=1S/C13H26N2OS/c1-13(5-2-9-16-13)11-15-8-10-17-12-3-6-14-7-4-12/h12,14-15H,2-11H2,1H3. The third kappa shape index (κ3) is 4.78. The van der Waals surface area contributed by atoms with Crippen LogP contribution in [-0.2, 0) is 4.74 Å². The summed E-state index contributed by atoms with van der Waals surface area (Å²) in [5.74, 6) is 1.24. The fourth-order valence-electron chi connectivity index (χ4n) is 2.59. The molecule has 0 spiro atoms. The number of hydrogen-bond donors (Lipinski definition) is 2. The topological polar surface area (TPSA) is 33.3 Å². The Morgan fingerprint density at radius 2 is 2.24 bits per heavy atom. The molecular formula is C13H26N2OS. The largest absolute Gasteiger partial charge is 0.374 e. The first-order valence-corrected chi connectivity index (χ1v) is 8.00. The van der Waals surface area contributed by atoms with Gasteiger partial charge in [0.15, 0.2) is 0 Å². The Labute approximate surface area is 109 Å². The lowest BCUT2D eigenvalue weighted by Gasteiger charge is -2.24. The zero-order valence-corrected chi connectivity index (χ0v) is 11.8. The lowest BCUT2D eigenvalue weighted by atomic mass is 10.0. The summed E-state index contributed by atoms with van der Waals surface area (Å²) in [6, 6.07) is 0. The average molecular weight is 258 g/mol. The van der Waals surface area contributed by atoms with Crippen molar-refractivity contribution in [3.8, 4) is 0 Å². The van der Waals surface area contributed by atoms with E-state index >= 15 is 0 Å². The normalized spacial score (nSPS) is 30.9. The average Bonchev–Trinajstić information content (AvgIpc) is 2.77. The van der Waals surface area contributed by atoms with E-state index in [-0.39, 0.29) is 5.60 Å². The van der Waals surface area contributed by atoms with Crippen LogP contribution in [0.1, 0.15) is 32.6 Å². The molecule has 1 unspecified atom stereocenters. The maximum absolute atomic E-state index is 5.76. The van der Waals surface area contributed by atoms with Gasteiger partial charge < -0.3 is 15.4 Å². The van der Waals surface area contributed by atoms with Crippen LogP contribution in [0.2, 0.25) is 0 Å². The van der Waals surface area contributed by atoms with Crippen LogP contribution in [0.5, 0.6) is 0 Å². The number of rotatable bonds is 6. The Morgan fingerprint density at radius 3 is 2.94 bits per heavy atom. The molecule has 0 bridgehead atoms. The summed E-state index contributed by atoms with van der Waals surface area (Å²) in [6.07, 6.45) is 5.11. The van der Waals surface area contributed by atoms with E-state index in [1.54, 1.807) is 0 Å². The van der Waals surface area contributed by atoms with E-state index in [1.165, 1.54) is 44.5 Å². The van der Waals surface area contributed by atoms with Crippen molar-refractivity contribution < 1.29 is 4.74 Å². The Kier molecular flexibility index (Phi) is 5.60. The SMILES string of the molecule is CC1(CNCCSC2CCNCC2)CCCO1. The lowest BCUT2D eigenvalue weighted by Crippen LogP contribution is -2.38. The molecule has 0 aromatic carbocycles. The van der Waals surface area contributed by atoms with E-state index in [9.17, 15) is 0 Å². The van der Waals surface area contributed by atoms with Crippen LogP contribution >= 0.6 is 11.8 Å². The molecule has 2 rings (SSSR count). The molecule has 2 saturated heterocycles. The zero-order chi connectivity index (χ0) is 12.0. The van der Waals surface area contributed by atoms with E-state index < -0.39 is 0 Å². The maximum atomic E-state index is 5.76. The highest BCUT2D eigenvalue weighted by atomic mass is 32.2. The summed E-state index contributed by atoms with van der Waals surface area (Å²) in [5.41, 5.74) is 0.111. The molecule has 2 heterocycles. The minimum absolute atomic E-state index is 0.111. The second-order valence-electron chi connectivity index (χ2n) is 5.40. The van der Waals surface area contributed by atoms with Gasteiger partial charge in [-0.2, -0.15) is 11.8 Å². The Balaban J connectivity index is 1.48. The van der Waals surface area contributed by atoms with E-state index in [0.717, 1.165) is 24.9 Å². The van der Waals surface area contributed by atoms with Crippen molar-refractivity contribution in [1.82, 2.24) is 10.6 Å². The van der Waals surface area contributed by atoms with E-state index in [1.807, 2.05) is 0 Å². The van der Waals surface area contributed by atoms with Gasteiger partial charge in [-0.25, -0.2) is 0 Å². The molecule has 3 nitrogen and oxygen atoms in total. The van der Waals surface area contributed by atoms with E-state index in [0.29, 0.717) is 0 Å². The first-order chi connectivity index (χ1) is 8.29. The molecule has 0 aliphatic carbocycles. The van der Waals surface area contributed by atoms with Crippen molar-refractivity contribution in [1.29, 1.82) is 0 Å². The first-order valence-electron chi connectivity index (χ1n) is 6.95. The molecule has 4 heteroatoms. The summed E-state index contributed by atoms with van der Waals surface area (Å²) in [4.78, 5) is 0. The zero-order valence-electron chi connectivity index (χ0n) is 11.0. The molecule has 2 fully saturated rings. The van der Waals surface area contributed by atoms with E-state index in [2.05, 4.69) is 29.3 Å². The monoisotopic (exact) mass is 258 g/mol. The van der Waals surface area contributed by atoms with Crippen molar-refractivity contribution in [3.05, 3.63) is 0 Å². The van der Waals surface area contributed by atoms with Crippen LogP contribution in [-0.4, -0.2) is 49.4 Å². The van der Waals surface area contributed by atoms with Gasteiger partial charge in [-0.3, -0.25) is 0 Å². The Bertz CT molecular complexity index is 213. The van der Waals surface area contributed by atoms with Crippen LogP contribution in [0.4, 0.5) is 0 Å². The highest BCUT2D eigenvalue weighted by Crippen LogP contribution is 2.24. The van der Waals surface area contributed by atoms with Crippen molar-refractivity contribution in [2.75, 3.05) is 38.5 Å². The predicted molar refractivity (Wildman–Crippen MR) is 74.8 cm³/mol. The molecule has 17 heavy (non-hydrogen) atoms. The summed E-state index contributed by atoms with van der Waals surface area (Å²) < 4.78 is 5.76. The van der Waals surface area contributed by atoms with Crippen molar-refractivity contribution in [2.45, 2.75) is 43.5 Å². The molecule has 0 aromatic rings. The highest BCUT2D eigenvalue weighted by molar-refractivity contribution is 7.99. The van der Waals surface area contributed by atoms with Gasteiger partial charge in [0.05, 0.1) is 5.60 Å². The lowest BCUT2D eigenvalue weighted by molar-refractivity contribution is 0.0214. The number of nitrogens with one attached hydrogen (secondary N) is 2. The molecule has 2 N–H and O–H groups in total. The minimum Gasteiger partial charge on any atom is -0.374 e. The third-order valence-corrected chi connectivity index (χ3v) is 5.10. The van der Waals surface area contributed by atoms with Crippen molar-refractivity contribution in [3.63, 3.8) is 0 Å². The maximum Gasteiger partial charge on any atom is 0.0779 e. The second-order valence-corrected chi connectivity index (χ2v) is 6.81. The van der Waals surface area contributed by atoms with Crippen LogP contribution in [0.3, 0.4) is 0 Å². The Hall–Kier alpha value is 0.230. The summed E-state index contributed by atoms with van der Waals surface area (Å²) in [6.45, 7) is 7.72. The smallest absolute Gasteiger partial charge is 0.0779 e. The molecule has 1 atom stereocenters. The van der Waals surface area contributed by atoms with Crippen LogP contribution in [0.15, 0.2) is 0 Å². The first kappa shape index (κ1) is 13.7. The summed E-state index contributed by atoms with van der Waals surface area (Å²) >= 11 is 2.14. The predicted octanol–water partition coefficient (Wildman–Crippen LogP) is 1.63. The molecular weight excluding hydrogens is 232 g/mol. The fourth-order valence-corrected chi connectivity index (χ4v) is 3.75. The number of piperidine rings is 1. The Morgan fingerprint density at radius 1 is 1.41 bits per heavy atom. The quantitative estimate of drug-likeness (QED) is 0.710. The van der Waals surface area contributed by atoms with Crippen molar-refractivity contribution in [2.24, 2.45) is 0 Å².